The van der Waals surface area contributed by atoms with Crippen LogP contribution in [0, 0.1) is 6.92 Å². The predicted octanol–water partition coefficient (Wildman–Crippen LogP) is 2.18. The van der Waals surface area contributed by atoms with Gasteiger partial charge < -0.3 is 16.0 Å². The predicted molar refractivity (Wildman–Crippen MR) is 102 cm³/mol. The number of benzene rings is 2. The van der Waals surface area contributed by atoms with Gasteiger partial charge in [-0.2, -0.15) is 0 Å². The van der Waals surface area contributed by atoms with Crippen LogP contribution in [0.2, 0.25) is 0 Å². The fraction of sp³-hybridized carbons (Fsp3) is 0.263. The highest BCUT2D eigenvalue weighted by atomic mass is 35.5. The molecule has 0 aliphatic heterocycles. The van der Waals surface area contributed by atoms with Gasteiger partial charge in [-0.3, -0.25) is 9.59 Å². The summed E-state index contributed by atoms with van der Waals surface area (Å²) in [4.78, 5) is 23.7. The van der Waals surface area contributed by atoms with Gasteiger partial charge in [-0.25, -0.2) is 0 Å². The minimum Gasteiger partial charge on any atom is -0.351 e. The zero-order valence-corrected chi connectivity index (χ0v) is 15.3. The molecule has 6 heteroatoms. The summed E-state index contributed by atoms with van der Waals surface area (Å²) < 4.78 is 0. The topological polar surface area (TPSA) is 70.2 Å². The molecule has 5 nitrogen and oxygen atoms in total. The average Bonchev–Trinajstić information content (AvgIpc) is 2.60. The average molecular weight is 362 g/mol. The molecule has 0 saturated carbocycles. The minimum absolute atomic E-state index is 0. The van der Waals surface area contributed by atoms with Crippen LogP contribution in [0.25, 0.3) is 0 Å². The van der Waals surface area contributed by atoms with Crippen LogP contribution in [-0.4, -0.2) is 25.4 Å². The molecule has 2 aromatic carbocycles. The highest BCUT2D eigenvalue weighted by Crippen LogP contribution is 2.07. The number of halogens is 1. The third-order valence-corrected chi connectivity index (χ3v) is 3.59. The van der Waals surface area contributed by atoms with Gasteiger partial charge in [-0.1, -0.05) is 42.0 Å². The number of nitrogens with one attached hydrogen (secondary N) is 3. The van der Waals surface area contributed by atoms with Gasteiger partial charge in [0.05, 0.1) is 6.54 Å². The molecule has 0 radical (unpaired) electrons. The highest BCUT2D eigenvalue weighted by Gasteiger charge is 2.07. The van der Waals surface area contributed by atoms with Gasteiger partial charge in [0.25, 0.3) is 5.91 Å². The summed E-state index contributed by atoms with van der Waals surface area (Å²) in [7, 11) is 1.72. The van der Waals surface area contributed by atoms with Gasteiger partial charge in [0.1, 0.15) is 0 Å². The number of aryl methyl sites for hydroxylation is 1. The first-order valence-corrected chi connectivity index (χ1v) is 7.92. The van der Waals surface area contributed by atoms with Gasteiger partial charge in [-0.05, 0) is 37.2 Å². The van der Waals surface area contributed by atoms with E-state index < -0.39 is 0 Å². The first-order valence-electron chi connectivity index (χ1n) is 7.92. The Balaban J connectivity index is 0.00000312. The second-order valence-electron chi connectivity index (χ2n) is 5.68. The Kier molecular flexibility index (Phi) is 8.67. The maximum atomic E-state index is 12.3. The van der Waals surface area contributed by atoms with Gasteiger partial charge in [0.2, 0.25) is 5.91 Å². The number of amides is 2. The number of rotatable bonds is 7. The quantitative estimate of drug-likeness (QED) is 0.708. The molecule has 0 fully saturated rings. The van der Waals surface area contributed by atoms with Crippen LogP contribution in [-0.2, 0) is 17.9 Å². The zero-order valence-electron chi connectivity index (χ0n) is 14.5. The van der Waals surface area contributed by atoms with Crippen LogP contribution in [0.15, 0.2) is 48.5 Å². The summed E-state index contributed by atoms with van der Waals surface area (Å²) in [5.74, 6) is -0.203. The molecule has 0 heterocycles. The summed E-state index contributed by atoms with van der Waals surface area (Å²) in [5, 5.41) is 8.50. The van der Waals surface area contributed by atoms with E-state index in [0.29, 0.717) is 18.7 Å². The molecule has 2 amide bonds. The van der Waals surface area contributed by atoms with Crippen LogP contribution in [0.4, 0.5) is 0 Å². The molecule has 2 rings (SSSR count). The van der Waals surface area contributed by atoms with Gasteiger partial charge in [-0.15, -0.1) is 12.4 Å². The lowest BCUT2D eigenvalue weighted by molar-refractivity contribution is -0.120. The summed E-state index contributed by atoms with van der Waals surface area (Å²) in [6.45, 7) is 3.20. The second kappa shape index (κ2) is 10.5. The van der Waals surface area contributed by atoms with Crippen LogP contribution in [0.5, 0.6) is 0 Å². The molecule has 0 aliphatic rings. The largest absolute Gasteiger partial charge is 0.351 e. The number of hydrogen-bond acceptors (Lipinski definition) is 3. The third kappa shape index (κ3) is 6.95. The van der Waals surface area contributed by atoms with Crippen molar-refractivity contribution in [2.24, 2.45) is 0 Å². The van der Waals surface area contributed by atoms with Crippen molar-refractivity contribution >= 4 is 24.2 Å². The molecule has 0 saturated heterocycles. The molecule has 0 unspecified atom stereocenters. The molecule has 0 atom stereocenters. The summed E-state index contributed by atoms with van der Waals surface area (Å²) in [5.41, 5.74) is 3.73. The molecule has 3 N–H and O–H groups in total. The minimum atomic E-state index is -0.126. The maximum Gasteiger partial charge on any atom is 0.251 e. The number of hydrogen-bond donors (Lipinski definition) is 3. The van der Waals surface area contributed by atoms with Crippen molar-refractivity contribution in [2.45, 2.75) is 20.0 Å². The lowest BCUT2D eigenvalue weighted by Crippen LogP contribution is -2.31. The SMILES string of the molecule is CNCC(=O)NCc1cccc(C(=O)NCc2ccc(C)cc2)c1.Cl. The van der Waals surface area contributed by atoms with Crippen LogP contribution in [0.1, 0.15) is 27.0 Å². The zero-order chi connectivity index (χ0) is 17.4. The molecular weight excluding hydrogens is 338 g/mol. The Bertz CT molecular complexity index is 702. The Labute approximate surface area is 154 Å². The summed E-state index contributed by atoms with van der Waals surface area (Å²) in [6.07, 6.45) is 0. The van der Waals surface area contributed by atoms with E-state index in [-0.39, 0.29) is 30.8 Å². The van der Waals surface area contributed by atoms with Crippen molar-refractivity contribution < 1.29 is 9.59 Å². The molecule has 2 aromatic rings. The van der Waals surface area contributed by atoms with Gasteiger partial charge in [0.15, 0.2) is 0 Å². The number of carbonyl (C=O) groups is 2. The van der Waals surface area contributed by atoms with Crippen molar-refractivity contribution in [1.82, 2.24) is 16.0 Å². The van der Waals surface area contributed by atoms with Gasteiger partial charge >= 0.3 is 0 Å². The highest BCUT2D eigenvalue weighted by molar-refractivity contribution is 5.94. The maximum absolute atomic E-state index is 12.3. The van der Waals surface area contributed by atoms with Crippen LogP contribution >= 0.6 is 12.4 Å². The fourth-order valence-electron chi connectivity index (χ4n) is 2.24. The van der Waals surface area contributed by atoms with E-state index in [0.717, 1.165) is 11.1 Å². The third-order valence-electron chi connectivity index (χ3n) is 3.59. The lowest BCUT2D eigenvalue weighted by atomic mass is 10.1. The van der Waals surface area contributed by atoms with E-state index in [2.05, 4.69) is 16.0 Å². The van der Waals surface area contributed by atoms with E-state index in [1.54, 1.807) is 19.2 Å². The van der Waals surface area contributed by atoms with E-state index in [4.69, 9.17) is 0 Å². The van der Waals surface area contributed by atoms with E-state index in [1.807, 2.05) is 43.3 Å². The van der Waals surface area contributed by atoms with E-state index in [9.17, 15) is 9.59 Å². The Morgan fingerprint density at radius 1 is 0.920 bits per heavy atom. The standard InChI is InChI=1S/C19H23N3O2.ClH/c1-14-6-8-15(9-7-14)11-22-19(24)17-5-3-4-16(10-17)12-21-18(23)13-20-2;/h3-10,20H,11-13H2,1-2H3,(H,21,23)(H,22,24);1H. The molecule has 0 aliphatic carbocycles. The molecule has 0 aromatic heterocycles. The van der Waals surface area contributed by atoms with E-state index in [1.165, 1.54) is 5.56 Å². The summed E-state index contributed by atoms with van der Waals surface area (Å²) in [6, 6.07) is 15.3. The first-order chi connectivity index (χ1) is 11.6. The van der Waals surface area contributed by atoms with Crippen molar-refractivity contribution in [1.29, 1.82) is 0 Å². The first kappa shape index (κ1) is 20.7. The van der Waals surface area contributed by atoms with Crippen molar-refractivity contribution in [3.8, 4) is 0 Å². The monoisotopic (exact) mass is 361 g/mol. The normalized spacial score (nSPS) is 9.84. The molecular formula is C19H24ClN3O2. The Morgan fingerprint density at radius 2 is 1.60 bits per heavy atom. The molecule has 0 spiro atoms. The molecule has 134 valence electrons. The van der Waals surface area contributed by atoms with Crippen molar-refractivity contribution in [3.05, 3.63) is 70.8 Å². The van der Waals surface area contributed by atoms with Crippen LogP contribution in [0.3, 0.4) is 0 Å². The summed E-state index contributed by atoms with van der Waals surface area (Å²) >= 11 is 0. The lowest BCUT2D eigenvalue weighted by Gasteiger charge is -2.08. The Hall–Kier alpha value is -2.37. The Morgan fingerprint density at radius 3 is 2.28 bits per heavy atom. The second-order valence-corrected chi connectivity index (χ2v) is 5.68. The smallest absolute Gasteiger partial charge is 0.251 e. The number of carbonyl (C=O) groups excluding carboxylic acids is 2. The molecule has 0 bridgehead atoms. The van der Waals surface area contributed by atoms with Crippen molar-refractivity contribution in [2.75, 3.05) is 13.6 Å². The van der Waals surface area contributed by atoms with E-state index >= 15 is 0 Å². The van der Waals surface area contributed by atoms with Gasteiger partial charge in [0, 0.05) is 18.7 Å². The van der Waals surface area contributed by atoms with Crippen LogP contribution < -0.4 is 16.0 Å². The number of likely N-dealkylation sites (N-methyl/N-ethyl adjacent to an activating group) is 1. The van der Waals surface area contributed by atoms with Crippen molar-refractivity contribution in [3.63, 3.8) is 0 Å². The molecule has 25 heavy (non-hydrogen) atoms. The fourth-order valence-corrected chi connectivity index (χ4v) is 2.24.